The van der Waals surface area contributed by atoms with Crippen molar-refractivity contribution in [2.45, 2.75) is 6.42 Å². The van der Waals surface area contributed by atoms with Crippen LogP contribution in [0.2, 0.25) is 0 Å². The Labute approximate surface area is 150 Å². The van der Waals surface area contributed by atoms with Gasteiger partial charge in [-0.05, 0) is 0 Å². The summed E-state index contributed by atoms with van der Waals surface area (Å²) < 4.78 is 30.9. The quantitative estimate of drug-likeness (QED) is 0.689. The fourth-order valence-electron chi connectivity index (χ4n) is 2.82. The maximum atomic E-state index is 12.2. The Kier molecular flexibility index (Phi) is 5.67. The van der Waals surface area contributed by atoms with Crippen molar-refractivity contribution < 1.29 is 22.7 Å². The van der Waals surface area contributed by atoms with Gasteiger partial charge in [-0.25, -0.2) is 13.4 Å². The number of hydrogen-bond donors (Lipinski definition) is 1. The maximum absolute atomic E-state index is 12.2. The lowest BCUT2D eigenvalue weighted by molar-refractivity contribution is -0.126. The smallest absolute Gasteiger partial charge is 0.229 e. The molecule has 3 rings (SSSR count). The SMILES string of the molecule is O=C(NCCS(=O)(=O)N1CCOCC1)C1CC(=O)N(c2nccs2)C1. The number of hydrogen-bond acceptors (Lipinski definition) is 7. The number of morpholine rings is 1. The molecule has 2 aliphatic rings. The number of nitrogens with one attached hydrogen (secondary N) is 1. The van der Waals surface area contributed by atoms with E-state index in [0.717, 1.165) is 0 Å². The highest BCUT2D eigenvalue weighted by molar-refractivity contribution is 7.89. The van der Waals surface area contributed by atoms with E-state index >= 15 is 0 Å². The molecule has 1 aromatic heterocycles. The first-order valence-electron chi connectivity index (χ1n) is 8.00. The van der Waals surface area contributed by atoms with E-state index in [1.807, 2.05) is 0 Å². The van der Waals surface area contributed by atoms with E-state index in [2.05, 4.69) is 10.3 Å². The number of ether oxygens (including phenoxy) is 1. The summed E-state index contributed by atoms with van der Waals surface area (Å²) >= 11 is 1.34. The van der Waals surface area contributed by atoms with Gasteiger partial charge in [-0.1, -0.05) is 0 Å². The third-order valence-electron chi connectivity index (χ3n) is 4.17. The third kappa shape index (κ3) is 4.35. The number of aromatic nitrogens is 1. The molecule has 0 radical (unpaired) electrons. The standard InChI is InChI=1S/C14H20N4O5S2/c19-12-9-11(10-18(12)14-16-1-7-24-14)13(20)15-2-8-25(21,22)17-3-5-23-6-4-17/h1,7,11H,2-6,8-10H2,(H,15,20). The Morgan fingerprint density at radius 3 is 2.84 bits per heavy atom. The van der Waals surface area contributed by atoms with E-state index in [1.54, 1.807) is 11.6 Å². The minimum absolute atomic E-state index is 0.0282. The highest BCUT2D eigenvalue weighted by Gasteiger charge is 2.36. The van der Waals surface area contributed by atoms with Crippen molar-refractivity contribution in [3.63, 3.8) is 0 Å². The van der Waals surface area contributed by atoms with Gasteiger partial charge in [0.1, 0.15) is 0 Å². The Morgan fingerprint density at radius 2 is 2.16 bits per heavy atom. The lowest BCUT2D eigenvalue weighted by Gasteiger charge is -2.26. The van der Waals surface area contributed by atoms with Crippen LogP contribution in [0.15, 0.2) is 11.6 Å². The number of carbonyl (C=O) groups is 2. The largest absolute Gasteiger partial charge is 0.379 e. The van der Waals surface area contributed by atoms with E-state index in [-0.39, 0.29) is 37.1 Å². The molecular formula is C14H20N4O5S2. The van der Waals surface area contributed by atoms with E-state index in [9.17, 15) is 18.0 Å². The van der Waals surface area contributed by atoms with Crippen LogP contribution >= 0.6 is 11.3 Å². The summed E-state index contributed by atoms with van der Waals surface area (Å²) in [6.45, 7) is 1.77. The van der Waals surface area contributed by atoms with E-state index in [1.165, 1.54) is 20.5 Å². The van der Waals surface area contributed by atoms with Crippen molar-refractivity contribution in [1.82, 2.24) is 14.6 Å². The molecule has 9 nitrogen and oxygen atoms in total. The average Bonchev–Trinajstić information content (AvgIpc) is 3.24. The summed E-state index contributed by atoms with van der Waals surface area (Å²) in [5.41, 5.74) is 0. The van der Waals surface area contributed by atoms with Crippen molar-refractivity contribution >= 4 is 38.3 Å². The van der Waals surface area contributed by atoms with Crippen LogP contribution < -0.4 is 10.2 Å². The van der Waals surface area contributed by atoms with Gasteiger partial charge in [-0.3, -0.25) is 14.5 Å². The van der Waals surface area contributed by atoms with Gasteiger partial charge in [0.25, 0.3) is 0 Å². The number of carbonyl (C=O) groups excluding carboxylic acids is 2. The average molecular weight is 388 g/mol. The Morgan fingerprint density at radius 1 is 1.40 bits per heavy atom. The lowest BCUT2D eigenvalue weighted by Crippen LogP contribution is -2.44. The normalized spacial score (nSPS) is 22.3. The number of nitrogens with zero attached hydrogens (tertiary/aromatic N) is 3. The predicted octanol–water partition coefficient (Wildman–Crippen LogP) is -0.726. The first kappa shape index (κ1) is 18.2. The molecule has 0 saturated carbocycles. The van der Waals surface area contributed by atoms with E-state index < -0.39 is 15.9 Å². The summed E-state index contributed by atoms with van der Waals surface area (Å²) in [4.78, 5) is 29.8. The Balaban J connectivity index is 1.47. The number of rotatable bonds is 6. The van der Waals surface area contributed by atoms with Gasteiger partial charge in [0.05, 0.1) is 24.9 Å². The molecule has 25 heavy (non-hydrogen) atoms. The summed E-state index contributed by atoms with van der Waals surface area (Å²) in [6, 6.07) is 0. The van der Waals surface area contributed by atoms with Crippen LogP contribution in [0.4, 0.5) is 5.13 Å². The lowest BCUT2D eigenvalue weighted by atomic mass is 10.1. The van der Waals surface area contributed by atoms with Crippen LogP contribution in [0.1, 0.15) is 6.42 Å². The van der Waals surface area contributed by atoms with Gasteiger partial charge in [0.2, 0.25) is 21.8 Å². The zero-order valence-corrected chi connectivity index (χ0v) is 15.2. The molecule has 11 heteroatoms. The third-order valence-corrected chi connectivity index (χ3v) is 6.84. The first-order chi connectivity index (χ1) is 12.0. The summed E-state index contributed by atoms with van der Waals surface area (Å²) in [5, 5.41) is 4.98. The second-order valence-electron chi connectivity index (χ2n) is 5.84. The molecule has 1 N–H and O–H groups in total. The van der Waals surface area contributed by atoms with Crippen LogP contribution in [0.3, 0.4) is 0 Å². The van der Waals surface area contributed by atoms with Crippen LogP contribution in [0.25, 0.3) is 0 Å². The summed E-state index contributed by atoms with van der Waals surface area (Å²) in [6.07, 6.45) is 1.72. The minimum atomic E-state index is -3.41. The van der Waals surface area contributed by atoms with Crippen LogP contribution in [0, 0.1) is 5.92 Å². The van der Waals surface area contributed by atoms with Gasteiger partial charge in [-0.2, -0.15) is 4.31 Å². The number of amides is 2. The van der Waals surface area contributed by atoms with Crippen molar-refractivity contribution in [3.05, 3.63) is 11.6 Å². The number of thiazole rings is 1. The zero-order chi connectivity index (χ0) is 17.9. The van der Waals surface area contributed by atoms with E-state index in [0.29, 0.717) is 31.4 Å². The van der Waals surface area contributed by atoms with Crippen LogP contribution in [-0.4, -0.2) is 74.7 Å². The molecule has 2 aliphatic heterocycles. The van der Waals surface area contributed by atoms with Gasteiger partial charge in [0.15, 0.2) is 5.13 Å². The topological polar surface area (TPSA) is 109 Å². The maximum Gasteiger partial charge on any atom is 0.229 e. The molecular weight excluding hydrogens is 368 g/mol. The summed E-state index contributed by atoms with van der Waals surface area (Å²) in [5.74, 6) is -1.08. The van der Waals surface area contributed by atoms with Crippen molar-refractivity contribution in [3.8, 4) is 0 Å². The second kappa shape index (κ2) is 7.77. The molecule has 1 unspecified atom stereocenters. The highest BCUT2D eigenvalue weighted by atomic mass is 32.2. The Bertz CT molecular complexity index is 716. The van der Waals surface area contributed by atoms with Crippen LogP contribution in [0.5, 0.6) is 0 Å². The first-order valence-corrected chi connectivity index (χ1v) is 10.5. The molecule has 3 heterocycles. The van der Waals surface area contributed by atoms with Gasteiger partial charge >= 0.3 is 0 Å². The molecule has 0 spiro atoms. The fourth-order valence-corrected chi connectivity index (χ4v) is 4.81. The Hall–Kier alpha value is -1.56. The minimum Gasteiger partial charge on any atom is -0.379 e. The van der Waals surface area contributed by atoms with Gasteiger partial charge in [0, 0.05) is 44.2 Å². The van der Waals surface area contributed by atoms with Crippen molar-refractivity contribution in [2.75, 3.05) is 50.0 Å². The molecule has 2 amide bonds. The summed E-state index contributed by atoms with van der Waals surface area (Å²) in [7, 11) is -3.41. The molecule has 2 saturated heterocycles. The molecule has 1 aromatic rings. The van der Waals surface area contributed by atoms with Crippen LogP contribution in [-0.2, 0) is 24.3 Å². The zero-order valence-electron chi connectivity index (χ0n) is 13.6. The second-order valence-corrected chi connectivity index (χ2v) is 8.80. The molecule has 2 fully saturated rings. The molecule has 138 valence electrons. The fraction of sp³-hybridized carbons (Fsp3) is 0.643. The van der Waals surface area contributed by atoms with E-state index in [4.69, 9.17) is 4.74 Å². The number of anilines is 1. The predicted molar refractivity (Wildman–Crippen MR) is 91.8 cm³/mol. The molecule has 0 aromatic carbocycles. The highest BCUT2D eigenvalue weighted by Crippen LogP contribution is 2.26. The van der Waals surface area contributed by atoms with Gasteiger partial charge in [-0.15, -0.1) is 11.3 Å². The molecule has 1 atom stereocenters. The molecule has 0 aliphatic carbocycles. The van der Waals surface area contributed by atoms with Crippen molar-refractivity contribution in [2.24, 2.45) is 5.92 Å². The van der Waals surface area contributed by atoms with Crippen molar-refractivity contribution in [1.29, 1.82) is 0 Å². The number of sulfonamides is 1. The molecule has 0 bridgehead atoms. The van der Waals surface area contributed by atoms with Gasteiger partial charge < -0.3 is 10.1 Å². The monoisotopic (exact) mass is 388 g/mol.